The van der Waals surface area contributed by atoms with Crippen molar-refractivity contribution in [2.45, 2.75) is 31.2 Å². The van der Waals surface area contributed by atoms with Crippen molar-refractivity contribution in [2.75, 3.05) is 0 Å². The Morgan fingerprint density at radius 1 is 1.21 bits per heavy atom. The van der Waals surface area contributed by atoms with Gasteiger partial charge in [0.15, 0.2) is 6.10 Å². The minimum absolute atomic E-state index is 0.0486. The van der Waals surface area contributed by atoms with Crippen LogP contribution in [0.5, 0.6) is 0 Å². The first-order valence-corrected chi connectivity index (χ1v) is 8.47. The van der Waals surface area contributed by atoms with E-state index in [-0.39, 0.29) is 10.7 Å². The molecule has 146 valence electrons. The van der Waals surface area contributed by atoms with Crippen molar-refractivity contribution >= 4 is 17.6 Å². The number of pyridine rings is 1. The van der Waals surface area contributed by atoms with Crippen molar-refractivity contribution < 1.29 is 22.3 Å². The van der Waals surface area contributed by atoms with Gasteiger partial charge in [-0.05, 0) is 37.3 Å². The van der Waals surface area contributed by atoms with Crippen LogP contribution in [-0.4, -0.2) is 23.3 Å². The predicted octanol–water partition coefficient (Wildman–Crippen LogP) is 4.16. The van der Waals surface area contributed by atoms with Gasteiger partial charge in [-0.1, -0.05) is 23.4 Å². The minimum atomic E-state index is -4.66. The van der Waals surface area contributed by atoms with Crippen molar-refractivity contribution in [3.05, 3.63) is 64.2 Å². The molecule has 0 spiro atoms. The smallest absolute Gasteiger partial charge is 0.425 e. The summed E-state index contributed by atoms with van der Waals surface area (Å²) in [6, 6.07) is 6.47. The molecule has 2 heterocycles. The number of halogens is 5. The largest absolute Gasteiger partial charge is 0.452 e. The molecule has 0 saturated heterocycles. The van der Waals surface area contributed by atoms with E-state index >= 15 is 0 Å². The first kappa shape index (κ1) is 20.0. The van der Waals surface area contributed by atoms with Gasteiger partial charge in [-0.15, -0.1) is 0 Å². The quantitative estimate of drug-likeness (QED) is 0.435. The van der Waals surface area contributed by atoms with Crippen molar-refractivity contribution in [3.8, 4) is 11.8 Å². The molecule has 1 aromatic carbocycles. The lowest BCUT2D eigenvalue weighted by Gasteiger charge is -2.35. The monoisotopic (exact) mass is 411 g/mol. The molecule has 4 nitrogen and oxygen atoms in total. The fraction of sp³-hybridized carbons (Fsp3) is 0.263. The van der Waals surface area contributed by atoms with Crippen molar-refractivity contribution in [3.63, 3.8) is 0 Å². The van der Waals surface area contributed by atoms with Gasteiger partial charge in [0.25, 0.3) is 6.02 Å². The van der Waals surface area contributed by atoms with Crippen LogP contribution in [0.1, 0.15) is 30.0 Å². The van der Waals surface area contributed by atoms with Gasteiger partial charge >= 0.3 is 6.18 Å². The zero-order valence-electron chi connectivity index (χ0n) is 14.5. The molecule has 1 aliphatic rings. The van der Waals surface area contributed by atoms with Gasteiger partial charge in [0.1, 0.15) is 11.0 Å². The third kappa shape index (κ3) is 4.37. The van der Waals surface area contributed by atoms with E-state index in [0.717, 1.165) is 6.07 Å². The van der Waals surface area contributed by atoms with E-state index in [9.17, 15) is 17.6 Å². The number of nitrogens with two attached hydrogens (primary N) is 1. The van der Waals surface area contributed by atoms with Crippen LogP contribution in [0, 0.1) is 17.7 Å². The van der Waals surface area contributed by atoms with Crippen molar-refractivity contribution in [1.82, 2.24) is 4.98 Å². The molecule has 1 aromatic heterocycles. The summed E-state index contributed by atoms with van der Waals surface area (Å²) in [6.45, 7) is 1.37. The molecule has 28 heavy (non-hydrogen) atoms. The molecule has 0 saturated carbocycles. The van der Waals surface area contributed by atoms with Crippen LogP contribution in [0.4, 0.5) is 17.6 Å². The van der Waals surface area contributed by atoms with E-state index in [1.807, 2.05) is 0 Å². The van der Waals surface area contributed by atoms with Gasteiger partial charge in [-0.25, -0.2) is 14.4 Å². The molecule has 3 rings (SSSR count). The van der Waals surface area contributed by atoms with E-state index in [0.29, 0.717) is 11.1 Å². The topological polar surface area (TPSA) is 60.5 Å². The number of benzene rings is 1. The lowest BCUT2D eigenvalue weighted by molar-refractivity contribution is -0.208. The average molecular weight is 412 g/mol. The molecule has 0 aliphatic carbocycles. The summed E-state index contributed by atoms with van der Waals surface area (Å²) in [5, 5.41) is 0.268. The van der Waals surface area contributed by atoms with Gasteiger partial charge in [-0.3, -0.25) is 0 Å². The number of nitrogens with zero attached hydrogens (tertiary/aromatic N) is 2. The maximum absolute atomic E-state index is 14.5. The van der Waals surface area contributed by atoms with Crippen LogP contribution in [0.2, 0.25) is 5.15 Å². The summed E-state index contributed by atoms with van der Waals surface area (Å²) in [5.74, 6) is 4.96. The van der Waals surface area contributed by atoms with E-state index in [2.05, 4.69) is 26.6 Å². The Morgan fingerprint density at radius 2 is 1.89 bits per heavy atom. The first-order valence-electron chi connectivity index (χ1n) is 8.09. The molecular weight excluding hydrogens is 398 g/mol. The third-order valence-electron chi connectivity index (χ3n) is 4.19. The number of hydrogen-bond donors (Lipinski definition) is 1. The second-order valence-corrected chi connectivity index (χ2v) is 6.78. The fourth-order valence-corrected chi connectivity index (χ4v) is 3.03. The number of amidine groups is 1. The van der Waals surface area contributed by atoms with E-state index in [4.69, 9.17) is 17.3 Å². The number of alkyl halides is 3. The Kier molecular flexibility index (Phi) is 5.22. The molecule has 2 atom stereocenters. The second kappa shape index (κ2) is 7.32. The molecule has 0 fully saturated rings. The number of hydrogen-bond acceptors (Lipinski definition) is 4. The van der Waals surface area contributed by atoms with Crippen LogP contribution in [0.15, 0.2) is 41.5 Å². The Bertz CT molecular complexity index is 997. The van der Waals surface area contributed by atoms with Gasteiger partial charge in [0.05, 0.1) is 5.54 Å². The number of rotatable bonds is 1. The normalized spacial score (nSPS) is 21.9. The van der Waals surface area contributed by atoms with Crippen LogP contribution < -0.4 is 5.73 Å². The van der Waals surface area contributed by atoms with Crippen LogP contribution in [-0.2, 0) is 10.3 Å². The van der Waals surface area contributed by atoms with Gasteiger partial charge in [-0.2, -0.15) is 13.2 Å². The highest BCUT2D eigenvalue weighted by Gasteiger charge is 2.50. The number of aromatic nitrogens is 1. The van der Waals surface area contributed by atoms with Gasteiger partial charge < -0.3 is 10.5 Å². The lowest BCUT2D eigenvalue weighted by atomic mass is 9.84. The highest BCUT2D eigenvalue weighted by Crippen LogP contribution is 2.40. The Balaban J connectivity index is 1.99. The molecule has 0 bridgehead atoms. The molecule has 1 aliphatic heterocycles. The number of ether oxygens (including phenoxy) is 1. The van der Waals surface area contributed by atoms with Crippen LogP contribution in [0.3, 0.4) is 0 Å². The zero-order chi connectivity index (χ0) is 20.5. The summed E-state index contributed by atoms with van der Waals surface area (Å²) < 4.78 is 58.4. The molecule has 0 unspecified atom stereocenters. The second-order valence-electron chi connectivity index (χ2n) is 6.39. The minimum Gasteiger partial charge on any atom is -0.452 e. The fourth-order valence-electron chi connectivity index (χ4n) is 2.86. The third-order valence-corrected chi connectivity index (χ3v) is 4.40. The highest BCUT2D eigenvalue weighted by molar-refractivity contribution is 6.29. The van der Waals surface area contributed by atoms with E-state index < -0.39 is 36.1 Å². The van der Waals surface area contributed by atoms with Crippen molar-refractivity contribution in [2.24, 2.45) is 10.7 Å². The van der Waals surface area contributed by atoms with E-state index in [1.165, 1.54) is 25.3 Å². The number of aliphatic imine (C=N–C) groups is 1. The SMILES string of the molecule is C[C@@]1(c2cc(C#Cc3ccnc(Cl)c3)ccc2F)C[C@@H](C(F)(F)F)OC(N)=N1. The average Bonchev–Trinajstić information content (AvgIpc) is 2.59. The maximum atomic E-state index is 14.5. The maximum Gasteiger partial charge on any atom is 0.425 e. The molecule has 2 aromatic rings. The van der Waals surface area contributed by atoms with Crippen LogP contribution >= 0.6 is 11.6 Å². The summed E-state index contributed by atoms with van der Waals surface area (Å²) in [6.07, 6.45) is -5.95. The molecular formula is C19H14ClF4N3O. The zero-order valence-corrected chi connectivity index (χ0v) is 15.3. The Labute approximate surface area is 163 Å². The standard InChI is InChI=1S/C19H14ClF4N3O/c1-18(10-15(19(22,23)24)28-17(25)27-18)13-8-11(4-5-14(13)21)2-3-12-6-7-26-16(20)9-12/h4-9,15H,10H2,1H3,(H2,25,27)/t15-,18-/m0/s1. The lowest BCUT2D eigenvalue weighted by Crippen LogP contribution is -2.46. The van der Waals surface area contributed by atoms with Crippen LogP contribution in [0.25, 0.3) is 0 Å². The van der Waals surface area contributed by atoms with Gasteiger partial charge in [0.2, 0.25) is 0 Å². The molecule has 0 radical (unpaired) electrons. The molecule has 2 N–H and O–H groups in total. The Hall–Kier alpha value is -2.79. The summed E-state index contributed by atoms with van der Waals surface area (Å²) in [7, 11) is 0. The summed E-state index contributed by atoms with van der Waals surface area (Å²) in [5.41, 5.74) is 4.81. The first-order chi connectivity index (χ1) is 13.1. The molecule has 0 amide bonds. The summed E-state index contributed by atoms with van der Waals surface area (Å²) >= 11 is 5.80. The van der Waals surface area contributed by atoms with Crippen molar-refractivity contribution in [1.29, 1.82) is 0 Å². The predicted molar refractivity (Wildman–Crippen MR) is 96.1 cm³/mol. The summed E-state index contributed by atoms with van der Waals surface area (Å²) in [4.78, 5) is 7.78. The highest BCUT2D eigenvalue weighted by atomic mass is 35.5. The van der Waals surface area contributed by atoms with E-state index in [1.54, 1.807) is 12.1 Å². The Morgan fingerprint density at radius 3 is 2.54 bits per heavy atom. The molecule has 9 heteroatoms. The van der Waals surface area contributed by atoms with Gasteiger partial charge in [0, 0.05) is 29.3 Å².